The van der Waals surface area contributed by atoms with Gasteiger partial charge in [0.1, 0.15) is 0 Å². The summed E-state index contributed by atoms with van der Waals surface area (Å²) in [7, 11) is 0. The highest BCUT2D eigenvalue weighted by Gasteiger charge is 2.28. The third kappa shape index (κ3) is 2.52. The predicted octanol–water partition coefficient (Wildman–Crippen LogP) is -1.28. The number of carbonyl (C=O) groups is 3. The van der Waals surface area contributed by atoms with E-state index in [1.54, 1.807) is 0 Å². The van der Waals surface area contributed by atoms with Crippen molar-refractivity contribution in [2.24, 2.45) is 11.7 Å². The van der Waals surface area contributed by atoms with Gasteiger partial charge in [-0.25, -0.2) is 0 Å². The molecule has 0 aromatic carbocycles. The highest BCUT2D eigenvalue weighted by molar-refractivity contribution is 6.12. The standard InChI is InChI=1S/C11H15N3O3/c12-11(17)8-3-4-13(7-8)5-6-14-9(15)1-2-10(14)16/h1-2,8H,3-7H2,(H2,12,17). The summed E-state index contributed by atoms with van der Waals surface area (Å²) in [6.45, 7) is 2.38. The zero-order valence-electron chi connectivity index (χ0n) is 9.46. The van der Waals surface area contributed by atoms with Gasteiger partial charge in [0.05, 0.1) is 5.92 Å². The summed E-state index contributed by atoms with van der Waals surface area (Å²) < 4.78 is 0. The molecule has 2 aliphatic rings. The zero-order chi connectivity index (χ0) is 12.4. The Hall–Kier alpha value is -1.69. The molecule has 3 amide bonds. The first-order chi connectivity index (χ1) is 8.08. The average molecular weight is 237 g/mol. The minimum Gasteiger partial charge on any atom is -0.369 e. The van der Waals surface area contributed by atoms with E-state index < -0.39 is 0 Å². The largest absolute Gasteiger partial charge is 0.369 e. The van der Waals surface area contributed by atoms with E-state index in [1.165, 1.54) is 17.1 Å². The Morgan fingerprint density at radius 2 is 1.94 bits per heavy atom. The molecule has 0 radical (unpaired) electrons. The van der Waals surface area contributed by atoms with Crippen LogP contribution in [0.25, 0.3) is 0 Å². The molecule has 1 saturated heterocycles. The number of nitrogens with zero attached hydrogens (tertiary/aromatic N) is 2. The van der Waals surface area contributed by atoms with Crippen LogP contribution in [0.5, 0.6) is 0 Å². The van der Waals surface area contributed by atoms with E-state index in [9.17, 15) is 14.4 Å². The maximum absolute atomic E-state index is 11.3. The third-order valence-corrected chi connectivity index (χ3v) is 3.22. The Bertz CT molecular complexity index is 373. The Morgan fingerprint density at radius 1 is 1.29 bits per heavy atom. The molecule has 92 valence electrons. The molecule has 6 nitrogen and oxygen atoms in total. The molecule has 2 rings (SSSR count). The van der Waals surface area contributed by atoms with Gasteiger partial charge in [0, 0.05) is 31.8 Å². The van der Waals surface area contributed by atoms with Crippen LogP contribution in [0.15, 0.2) is 12.2 Å². The van der Waals surface area contributed by atoms with Gasteiger partial charge >= 0.3 is 0 Å². The van der Waals surface area contributed by atoms with Gasteiger partial charge in [0.2, 0.25) is 5.91 Å². The van der Waals surface area contributed by atoms with Crippen molar-refractivity contribution in [2.45, 2.75) is 6.42 Å². The fourth-order valence-corrected chi connectivity index (χ4v) is 2.16. The van der Waals surface area contributed by atoms with E-state index in [1.807, 2.05) is 4.90 Å². The van der Waals surface area contributed by atoms with Gasteiger partial charge in [0.15, 0.2) is 0 Å². The number of hydrogen-bond acceptors (Lipinski definition) is 4. The highest BCUT2D eigenvalue weighted by Crippen LogP contribution is 2.15. The first-order valence-electron chi connectivity index (χ1n) is 5.63. The van der Waals surface area contributed by atoms with Gasteiger partial charge < -0.3 is 10.6 Å². The Balaban J connectivity index is 1.78. The number of likely N-dealkylation sites (tertiary alicyclic amines) is 1. The highest BCUT2D eigenvalue weighted by atomic mass is 16.2. The molecular formula is C11H15N3O3. The van der Waals surface area contributed by atoms with Crippen LogP contribution in [-0.4, -0.2) is 53.7 Å². The molecule has 2 N–H and O–H groups in total. The van der Waals surface area contributed by atoms with Crippen LogP contribution in [0, 0.1) is 5.92 Å². The topological polar surface area (TPSA) is 83.7 Å². The average Bonchev–Trinajstić information content (AvgIpc) is 2.85. The molecule has 0 saturated carbocycles. The number of rotatable bonds is 4. The number of primary amides is 1. The lowest BCUT2D eigenvalue weighted by Crippen LogP contribution is -2.38. The first kappa shape index (κ1) is 11.8. The van der Waals surface area contributed by atoms with Gasteiger partial charge in [0.25, 0.3) is 11.8 Å². The Labute approximate surface area is 99.0 Å². The summed E-state index contributed by atoms with van der Waals surface area (Å²) in [5.41, 5.74) is 5.23. The molecule has 6 heteroatoms. The Kier molecular flexibility index (Phi) is 3.23. The molecule has 1 atom stereocenters. The van der Waals surface area contributed by atoms with Gasteiger partial charge in [-0.05, 0) is 13.0 Å². The summed E-state index contributed by atoms with van der Waals surface area (Å²) in [5.74, 6) is -0.901. The van der Waals surface area contributed by atoms with E-state index in [-0.39, 0.29) is 23.6 Å². The van der Waals surface area contributed by atoms with Crippen LogP contribution in [-0.2, 0) is 14.4 Å². The van der Waals surface area contributed by atoms with Crippen molar-refractivity contribution in [3.63, 3.8) is 0 Å². The van der Waals surface area contributed by atoms with Gasteiger partial charge in [-0.3, -0.25) is 19.3 Å². The maximum Gasteiger partial charge on any atom is 0.253 e. The SMILES string of the molecule is NC(=O)C1CCN(CCN2C(=O)C=CC2=O)C1. The van der Waals surface area contributed by atoms with E-state index in [2.05, 4.69) is 0 Å². The Morgan fingerprint density at radius 3 is 2.47 bits per heavy atom. The van der Waals surface area contributed by atoms with Crippen LogP contribution in [0.4, 0.5) is 0 Å². The van der Waals surface area contributed by atoms with Crippen LogP contribution in [0.1, 0.15) is 6.42 Å². The van der Waals surface area contributed by atoms with Crippen molar-refractivity contribution in [1.29, 1.82) is 0 Å². The number of amides is 3. The molecule has 0 aromatic rings. The van der Waals surface area contributed by atoms with Crippen LogP contribution in [0.2, 0.25) is 0 Å². The minimum absolute atomic E-state index is 0.0990. The summed E-state index contributed by atoms with van der Waals surface area (Å²) in [4.78, 5) is 36.8. The summed E-state index contributed by atoms with van der Waals surface area (Å²) in [5, 5.41) is 0. The lowest BCUT2D eigenvalue weighted by molar-refractivity contribution is -0.137. The molecule has 1 fully saturated rings. The second-order valence-electron chi connectivity index (χ2n) is 4.35. The van der Waals surface area contributed by atoms with Crippen molar-refractivity contribution in [3.05, 3.63) is 12.2 Å². The molecule has 1 unspecified atom stereocenters. The van der Waals surface area contributed by atoms with Crippen molar-refractivity contribution in [1.82, 2.24) is 9.80 Å². The van der Waals surface area contributed by atoms with Crippen LogP contribution >= 0.6 is 0 Å². The molecule has 0 aliphatic carbocycles. The fraction of sp³-hybridized carbons (Fsp3) is 0.545. The van der Waals surface area contributed by atoms with Gasteiger partial charge in [-0.15, -0.1) is 0 Å². The number of imide groups is 1. The lowest BCUT2D eigenvalue weighted by Gasteiger charge is -2.19. The minimum atomic E-state index is -0.275. The molecular weight excluding hydrogens is 222 g/mol. The van der Waals surface area contributed by atoms with Crippen LogP contribution in [0.3, 0.4) is 0 Å². The lowest BCUT2D eigenvalue weighted by atomic mass is 10.1. The van der Waals surface area contributed by atoms with Crippen LogP contribution < -0.4 is 5.73 Å². The van der Waals surface area contributed by atoms with E-state index in [4.69, 9.17) is 5.73 Å². The molecule has 0 aromatic heterocycles. The van der Waals surface area contributed by atoms with E-state index in [0.29, 0.717) is 19.6 Å². The number of nitrogens with two attached hydrogens (primary N) is 1. The molecule has 0 spiro atoms. The smallest absolute Gasteiger partial charge is 0.253 e. The molecule has 17 heavy (non-hydrogen) atoms. The maximum atomic E-state index is 11.3. The molecule has 2 heterocycles. The normalized spacial score (nSPS) is 24.9. The van der Waals surface area contributed by atoms with Gasteiger partial charge in [-0.1, -0.05) is 0 Å². The van der Waals surface area contributed by atoms with Crippen molar-refractivity contribution >= 4 is 17.7 Å². The second kappa shape index (κ2) is 4.67. The molecule has 2 aliphatic heterocycles. The van der Waals surface area contributed by atoms with Crippen molar-refractivity contribution in [3.8, 4) is 0 Å². The number of hydrogen-bond donors (Lipinski definition) is 1. The quantitative estimate of drug-likeness (QED) is 0.617. The van der Waals surface area contributed by atoms with Crippen molar-refractivity contribution < 1.29 is 14.4 Å². The van der Waals surface area contributed by atoms with Gasteiger partial charge in [-0.2, -0.15) is 0 Å². The summed E-state index contributed by atoms with van der Waals surface area (Å²) >= 11 is 0. The zero-order valence-corrected chi connectivity index (χ0v) is 9.46. The molecule has 0 bridgehead atoms. The summed E-state index contributed by atoms with van der Waals surface area (Å²) in [6.07, 6.45) is 3.31. The fourth-order valence-electron chi connectivity index (χ4n) is 2.16. The predicted molar refractivity (Wildman–Crippen MR) is 59.6 cm³/mol. The first-order valence-corrected chi connectivity index (χ1v) is 5.63. The monoisotopic (exact) mass is 237 g/mol. The summed E-state index contributed by atoms with van der Waals surface area (Å²) in [6, 6.07) is 0. The third-order valence-electron chi connectivity index (χ3n) is 3.22. The van der Waals surface area contributed by atoms with Crippen molar-refractivity contribution in [2.75, 3.05) is 26.2 Å². The van der Waals surface area contributed by atoms with E-state index in [0.717, 1.165) is 13.0 Å². The van der Waals surface area contributed by atoms with E-state index >= 15 is 0 Å². The second-order valence-corrected chi connectivity index (χ2v) is 4.35. The number of carbonyl (C=O) groups excluding carboxylic acids is 3.